The standard InChI is InChI=1S/C17H26N2O/c1-13(14-8-7-9-15(18)12-14)19(3)16(20)17(2)10-5-4-6-11-17/h7-9,12-13H,4-6,10-11,18H2,1-3H3. The second-order valence-corrected chi connectivity index (χ2v) is 6.38. The Hall–Kier alpha value is -1.51. The molecule has 110 valence electrons. The van der Waals surface area contributed by atoms with Gasteiger partial charge in [-0.15, -0.1) is 0 Å². The highest BCUT2D eigenvalue weighted by Crippen LogP contribution is 2.38. The number of benzene rings is 1. The molecule has 0 radical (unpaired) electrons. The highest BCUT2D eigenvalue weighted by molar-refractivity contribution is 5.82. The zero-order valence-electron chi connectivity index (χ0n) is 12.9. The second-order valence-electron chi connectivity index (χ2n) is 6.38. The zero-order chi connectivity index (χ0) is 14.8. The predicted octanol–water partition coefficient (Wildman–Crippen LogP) is 3.76. The molecule has 1 aliphatic rings. The van der Waals surface area contributed by atoms with Crippen LogP contribution in [-0.4, -0.2) is 17.9 Å². The summed E-state index contributed by atoms with van der Waals surface area (Å²) in [6.45, 7) is 4.19. The predicted molar refractivity (Wildman–Crippen MR) is 83.2 cm³/mol. The Kier molecular flexibility index (Phi) is 4.36. The molecule has 1 aliphatic carbocycles. The number of anilines is 1. The summed E-state index contributed by atoms with van der Waals surface area (Å²) in [5.74, 6) is 0.270. The molecule has 20 heavy (non-hydrogen) atoms. The molecular formula is C17H26N2O. The first-order valence-electron chi connectivity index (χ1n) is 7.57. The second kappa shape index (κ2) is 5.86. The van der Waals surface area contributed by atoms with Crippen LogP contribution in [0.5, 0.6) is 0 Å². The van der Waals surface area contributed by atoms with E-state index in [1.165, 1.54) is 19.3 Å². The molecule has 2 N–H and O–H groups in total. The molecule has 2 rings (SSSR count). The lowest BCUT2D eigenvalue weighted by Crippen LogP contribution is -2.42. The van der Waals surface area contributed by atoms with Crippen LogP contribution in [0, 0.1) is 5.41 Å². The van der Waals surface area contributed by atoms with Crippen LogP contribution in [0.15, 0.2) is 24.3 Å². The molecule has 1 amide bonds. The molecule has 3 heteroatoms. The Bertz CT molecular complexity index is 478. The number of hydrogen-bond donors (Lipinski definition) is 1. The van der Waals surface area contributed by atoms with Gasteiger partial charge in [0, 0.05) is 18.2 Å². The summed E-state index contributed by atoms with van der Waals surface area (Å²) < 4.78 is 0. The van der Waals surface area contributed by atoms with Crippen LogP contribution >= 0.6 is 0 Å². The van der Waals surface area contributed by atoms with Gasteiger partial charge in [-0.05, 0) is 37.5 Å². The lowest BCUT2D eigenvalue weighted by Gasteiger charge is -2.38. The Labute approximate surface area is 122 Å². The van der Waals surface area contributed by atoms with E-state index in [9.17, 15) is 4.79 Å². The van der Waals surface area contributed by atoms with Gasteiger partial charge in [0.25, 0.3) is 0 Å². The molecule has 3 nitrogen and oxygen atoms in total. The van der Waals surface area contributed by atoms with Gasteiger partial charge in [-0.2, -0.15) is 0 Å². The van der Waals surface area contributed by atoms with E-state index in [1.807, 2.05) is 36.2 Å². The summed E-state index contributed by atoms with van der Waals surface area (Å²) >= 11 is 0. The number of nitrogens with zero attached hydrogens (tertiary/aromatic N) is 1. The zero-order valence-corrected chi connectivity index (χ0v) is 12.9. The molecule has 1 saturated carbocycles. The summed E-state index contributed by atoms with van der Waals surface area (Å²) in [5, 5.41) is 0. The summed E-state index contributed by atoms with van der Waals surface area (Å²) in [7, 11) is 1.91. The van der Waals surface area contributed by atoms with Crippen LogP contribution in [0.3, 0.4) is 0 Å². The van der Waals surface area contributed by atoms with E-state index in [4.69, 9.17) is 5.73 Å². The Balaban J connectivity index is 2.13. The Morgan fingerprint density at radius 3 is 2.55 bits per heavy atom. The quantitative estimate of drug-likeness (QED) is 0.853. The van der Waals surface area contributed by atoms with Crippen molar-refractivity contribution in [3.8, 4) is 0 Å². The van der Waals surface area contributed by atoms with Gasteiger partial charge < -0.3 is 10.6 Å². The van der Waals surface area contributed by atoms with Crippen LogP contribution in [0.4, 0.5) is 5.69 Å². The van der Waals surface area contributed by atoms with Gasteiger partial charge in [-0.1, -0.05) is 38.3 Å². The lowest BCUT2D eigenvalue weighted by molar-refractivity contribution is -0.143. The summed E-state index contributed by atoms with van der Waals surface area (Å²) in [6, 6.07) is 7.87. The molecule has 1 aromatic carbocycles. The number of nitrogens with two attached hydrogens (primary N) is 1. The Morgan fingerprint density at radius 1 is 1.30 bits per heavy atom. The van der Waals surface area contributed by atoms with Gasteiger partial charge in [0.2, 0.25) is 5.91 Å². The third-order valence-electron chi connectivity index (χ3n) is 4.77. The molecular weight excluding hydrogens is 248 g/mol. The highest BCUT2D eigenvalue weighted by Gasteiger charge is 2.37. The first kappa shape index (κ1) is 14.9. The lowest BCUT2D eigenvalue weighted by atomic mass is 9.74. The van der Waals surface area contributed by atoms with Crippen molar-refractivity contribution in [3.63, 3.8) is 0 Å². The normalized spacial score (nSPS) is 19.4. The van der Waals surface area contributed by atoms with Crippen molar-refractivity contribution in [3.05, 3.63) is 29.8 Å². The van der Waals surface area contributed by atoms with Gasteiger partial charge in [0.1, 0.15) is 0 Å². The van der Waals surface area contributed by atoms with E-state index < -0.39 is 0 Å². The number of rotatable bonds is 3. The minimum Gasteiger partial charge on any atom is -0.399 e. The maximum Gasteiger partial charge on any atom is 0.228 e. The van der Waals surface area contributed by atoms with Crippen LogP contribution in [0.2, 0.25) is 0 Å². The van der Waals surface area contributed by atoms with Crippen molar-refractivity contribution in [1.82, 2.24) is 4.90 Å². The van der Waals surface area contributed by atoms with Crippen molar-refractivity contribution in [2.75, 3.05) is 12.8 Å². The molecule has 0 heterocycles. The van der Waals surface area contributed by atoms with Crippen LogP contribution in [0.25, 0.3) is 0 Å². The first-order valence-corrected chi connectivity index (χ1v) is 7.57. The van der Waals surface area contributed by atoms with Crippen LogP contribution in [-0.2, 0) is 4.79 Å². The molecule has 1 atom stereocenters. The number of carbonyl (C=O) groups excluding carboxylic acids is 1. The SMILES string of the molecule is CC(c1cccc(N)c1)N(C)C(=O)C1(C)CCCCC1. The number of nitrogen functional groups attached to an aromatic ring is 1. The van der Waals surface area contributed by atoms with E-state index in [1.54, 1.807) is 0 Å². The third-order valence-corrected chi connectivity index (χ3v) is 4.77. The Morgan fingerprint density at radius 2 is 1.95 bits per heavy atom. The minimum atomic E-state index is -0.179. The topological polar surface area (TPSA) is 46.3 Å². The molecule has 0 saturated heterocycles. The van der Waals surface area contributed by atoms with Gasteiger partial charge in [0.05, 0.1) is 6.04 Å². The average molecular weight is 274 g/mol. The van der Waals surface area contributed by atoms with Crippen LogP contribution < -0.4 is 5.73 Å². The number of hydrogen-bond acceptors (Lipinski definition) is 2. The first-order chi connectivity index (χ1) is 9.44. The smallest absolute Gasteiger partial charge is 0.228 e. The van der Waals surface area contributed by atoms with Crippen molar-refractivity contribution >= 4 is 11.6 Å². The number of carbonyl (C=O) groups is 1. The fourth-order valence-electron chi connectivity index (χ4n) is 3.19. The van der Waals surface area contributed by atoms with E-state index in [-0.39, 0.29) is 17.4 Å². The van der Waals surface area contributed by atoms with E-state index in [0.717, 1.165) is 24.1 Å². The maximum atomic E-state index is 12.8. The molecule has 0 aliphatic heterocycles. The molecule has 0 spiro atoms. The number of amides is 1. The van der Waals surface area contributed by atoms with Gasteiger partial charge in [0.15, 0.2) is 0 Å². The van der Waals surface area contributed by atoms with Gasteiger partial charge in [-0.3, -0.25) is 4.79 Å². The van der Waals surface area contributed by atoms with Crippen molar-refractivity contribution < 1.29 is 4.79 Å². The van der Waals surface area contributed by atoms with E-state index >= 15 is 0 Å². The van der Waals surface area contributed by atoms with Crippen molar-refractivity contribution in [2.45, 2.75) is 52.0 Å². The molecule has 1 aromatic rings. The van der Waals surface area contributed by atoms with E-state index in [2.05, 4.69) is 13.8 Å². The summed E-state index contributed by atoms with van der Waals surface area (Å²) in [5.41, 5.74) is 7.51. The molecule has 0 aromatic heterocycles. The molecule has 0 bridgehead atoms. The molecule has 1 fully saturated rings. The molecule has 1 unspecified atom stereocenters. The summed E-state index contributed by atoms with van der Waals surface area (Å²) in [4.78, 5) is 14.7. The van der Waals surface area contributed by atoms with Crippen molar-refractivity contribution in [1.29, 1.82) is 0 Å². The fourth-order valence-corrected chi connectivity index (χ4v) is 3.19. The average Bonchev–Trinajstić information content (AvgIpc) is 2.45. The van der Waals surface area contributed by atoms with E-state index in [0.29, 0.717) is 0 Å². The summed E-state index contributed by atoms with van der Waals surface area (Å²) in [6.07, 6.45) is 5.63. The fraction of sp³-hybridized carbons (Fsp3) is 0.588. The van der Waals surface area contributed by atoms with Gasteiger partial charge in [-0.25, -0.2) is 0 Å². The minimum absolute atomic E-state index is 0.0600. The largest absolute Gasteiger partial charge is 0.399 e. The van der Waals surface area contributed by atoms with Gasteiger partial charge >= 0.3 is 0 Å². The highest BCUT2D eigenvalue weighted by atomic mass is 16.2. The monoisotopic (exact) mass is 274 g/mol. The van der Waals surface area contributed by atoms with Crippen LogP contribution in [0.1, 0.15) is 57.6 Å². The third kappa shape index (κ3) is 2.97. The van der Waals surface area contributed by atoms with Crippen molar-refractivity contribution in [2.24, 2.45) is 5.41 Å². The maximum absolute atomic E-state index is 12.8.